The summed E-state index contributed by atoms with van der Waals surface area (Å²) >= 11 is 0. The van der Waals surface area contributed by atoms with Crippen LogP contribution in [0.1, 0.15) is 38.2 Å². The Hall–Kier alpha value is -1.65. The van der Waals surface area contributed by atoms with E-state index in [1.165, 1.54) is 5.56 Å². The first-order chi connectivity index (χ1) is 11.8. The van der Waals surface area contributed by atoms with Crippen LogP contribution in [0.4, 0.5) is 0 Å². The van der Waals surface area contributed by atoms with E-state index in [4.69, 9.17) is 14.2 Å². The molecule has 132 valence electrons. The van der Waals surface area contributed by atoms with E-state index in [0.717, 1.165) is 25.9 Å². The fourth-order valence-electron chi connectivity index (χ4n) is 2.94. The van der Waals surface area contributed by atoms with Gasteiger partial charge in [-0.15, -0.1) is 0 Å². The normalized spacial score (nSPS) is 21.0. The zero-order valence-corrected chi connectivity index (χ0v) is 14.5. The summed E-state index contributed by atoms with van der Waals surface area (Å²) in [6, 6.07) is 10.1. The first-order valence-electron chi connectivity index (χ1n) is 8.83. The van der Waals surface area contributed by atoms with Crippen molar-refractivity contribution in [3.05, 3.63) is 48.0 Å². The Morgan fingerprint density at radius 3 is 2.92 bits per heavy atom. The number of carbonyl (C=O) groups excluding carboxylic acids is 1. The van der Waals surface area contributed by atoms with E-state index in [1.54, 1.807) is 0 Å². The van der Waals surface area contributed by atoms with Gasteiger partial charge in [0.05, 0.1) is 32.3 Å². The Kier molecular flexibility index (Phi) is 8.56. The molecule has 0 N–H and O–H groups in total. The van der Waals surface area contributed by atoms with Crippen LogP contribution in [-0.2, 0) is 25.6 Å². The van der Waals surface area contributed by atoms with Gasteiger partial charge in [0, 0.05) is 6.61 Å². The quantitative estimate of drug-likeness (QED) is 0.391. The molecule has 0 saturated carbocycles. The lowest BCUT2D eigenvalue weighted by atomic mass is 9.89. The summed E-state index contributed by atoms with van der Waals surface area (Å²) in [5.74, 6) is 0.220. The van der Waals surface area contributed by atoms with Gasteiger partial charge in [-0.2, -0.15) is 0 Å². The molecule has 2 rings (SSSR count). The summed E-state index contributed by atoms with van der Waals surface area (Å²) in [5, 5.41) is 0. The van der Waals surface area contributed by atoms with E-state index in [-0.39, 0.29) is 12.1 Å². The Labute approximate surface area is 144 Å². The van der Waals surface area contributed by atoms with E-state index in [9.17, 15) is 4.79 Å². The van der Waals surface area contributed by atoms with Crippen LogP contribution in [0.5, 0.6) is 0 Å². The molecule has 0 aliphatic carbocycles. The molecule has 24 heavy (non-hydrogen) atoms. The maximum Gasteiger partial charge on any atom is 0.308 e. The number of hydrogen-bond donors (Lipinski definition) is 0. The number of esters is 1. The first-order valence-corrected chi connectivity index (χ1v) is 8.83. The van der Waals surface area contributed by atoms with E-state index >= 15 is 0 Å². The topological polar surface area (TPSA) is 44.8 Å². The maximum absolute atomic E-state index is 11.7. The molecule has 0 radical (unpaired) electrons. The van der Waals surface area contributed by atoms with Crippen LogP contribution in [-0.4, -0.2) is 31.9 Å². The summed E-state index contributed by atoms with van der Waals surface area (Å²) in [4.78, 5) is 11.7. The number of rotatable bonds is 9. The molecule has 1 aliphatic heterocycles. The highest BCUT2D eigenvalue weighted by atomic mass is 16.5. The second-order valence-electron chi connectivity index (χ2n) is 6.03. The van der Waals surface area contributed by atoms with Gasteiger partial charge in [0.25, 0.3) is 0 Å². The number of allylic oxidation sites excluding steroid dienone is 1. The van der Waals surface area contributed by atoms with Crippen LogP contribution < -0.4 is 0 Å². The minimum atomic E-state index is -0.162. The standard InChI is InChI=1S/C20H28O4/c1-2-23-20(21)15-19-18(12-8-14-24-19)11-6-7-13-22-16-17-9-4-3-5-10-17/h3-7,9-10,18-19H,2,8,11-16H2,1H3/b7-6-/t18-,19-/m0/s1. The number of ether oxygens (including phenoxy) is 3. The summed E-state index contributed by atoms with van der Waals surface area (Å²) in [6.45, 7) is 4.23. The second-order valence-corrected chi connectivity index (χ2v) is 6.03. The third kappa shape index (κ3) is 6.85. The highest BCUT2D eigenvalue weighted by Gasteiger charge is 2.27. The number of hydrogen-bond acceptors (Lipinski definition) is 4. The van der Waals surface area contributed by atoms with Crippen LogP contribution in [0, 0.1) is 5.92 Å². The molecule has 1 aromatic rings. The lowest BCUT2D eigenvalue weighted by molar-refractivity contribution is -0.148. The van der Waals surface area contributed by atoms with Gasteiger partial charge in [-0.1, -0.05) is 42.5 Å². The fraction of sp³-hybridized carbons (Fsp3) is 0.550. The minimum Gasteiger partial charge on any atom is -0.466 e. The third-order valence-corrected chi connectivity index (χ3v) is 4.18. The molecule has 1 aromatic carbocycles. The van der Waals surface area contributed by atoms with Crippen molar-refractivity contribution in [1.82, 2.24) is 0 Å². The second kappa shape index (κ2) is 11.0. The van der Waals surface area contributed by atoms with Gasteiger partial charge in [-0.05, 0) is 37.7 Å². The van der Waals surface area contributed by atoms with Crippen molar-refractivity contribution in [2.45, 2.75) is 45.3 Å². The zero-order chi connectivity index (χ0) is 17.0. The molecule has 1 fully saturated rings. The predicted octanol–water partition coefficient (Wildman–Crippen LogP) is 3.90. The van der Waals surface area contributed by atoms with Crippen molar-refractivity contribution in [1.29, 1.82) is 0 Å². The van der Waals surface area contributed by atoms with Crippen molar-refractivity contribution in [3.8, 4) is 0 Å². The van der Waals surface area contributed by atoms with E-state index in [1.807, 2.05) is 25.1 Å². The molecule has 2 atom stereocenters. The van der Waals surface area contributed by atoms with E-state index in [2.05, 4.69) is 24.3 Å². The molecule has 4 nitrogen and oxygen atoms in total. The van der Waals surface area contributed by atoms with Gasteiger partial charge in [0.15, 0.2) is 0 Å². The molecule has 0 amide bonds. The Bertz CT molecular complexity index is 498. The summed E-state index contributed by atoms with van der Waals surface area (Å²) in [7, 11) is 0. The van der Waals surface area contributed by atoms with Crippen LogP contribution in [0.15, 0.2) is 42.5 Å². The van der Waals surface area contributed by atoms with Gasteiger partial charge in [0.1, 0.15) is 0 Å². The summed E-state index contributed by atoms with van der Waals surface area (Å²) < 4.78 is 16.5. The SMILES string of the molecule is CCOC(=O)C[C@@H]1OCCC[C@@H]1C/C=C\COCc1ccccc1. The molecular formula is C20H28O4. The Balaban J connectivity index is 1.67. The molecule has 1 aliphatic rings. The van der Waals surface area contributed by atoms with Crippen molar-refractivity contribution in [3.63, 3.8) is 0 Å². The molecule has 0 bridgehead atoms. The van der Waals surface area contributed by atoms with Crippen molar-refractivity contribution < 1.29 is 19.0 Å². The fourth-order valence-corrected chi connectivity index (χ4v) is 2.94. The largest absolute Gasteiger partial charge is 0.466 e. The summed E-state index contributed by atoms with van der Waals surface area (Å²) in [6.07, 6.45) is 7.60. The Morgan fingerprint density at radius 1 is 1.29 bits per heavy atom. The molecule has 1 saturated heterocycles. The monoisotopic (exact) mass is 332 g/mol. The van der Waals surface area contributed by atoms with Crippen molar-refractivity contribution in [2.24, 2.45) is 5.92 Å². The van der Waals surface area contributed by atoms with Crippen LogP contribution >= 0.6 is 0 Å². The average Bonchev–Trinajstić information content (AvgIpc) is 2.60. The lowest BCUT2D eigenvalue weighted by Gasteiger charge is -2.30. The predicted molar refractivity (Wildman–Crippen MR) is 93.6 cm³/mol. The Morgan fingerprint density at radius 2 is 2.12 bits per heavy atom. The van der Waals surface area contributed by atoms with Gasteiger partial charge in [-0.25, -0.2) is 0 Å². The zero-order valence-electron chi connectivity index (χ0n) is 14.5. The first kappa shape index (κ1) is 18.7. The smallest absolute Gasteiger partial charge is 0.308 e. The average molecular weight is 332 g/mol. The van der Waals surface area contributed by atoms with Crippen molar-refractivity contribution >= 4 is 5.97 Å². The minimum absolute atomic E-state index is 0.0207. The van der Waals surface area contributed by atoms with E-state index in [0.29, 0.717) is 32.2 Å². The molecular weight excluding hydrogens is 304 g/mol. The molecule has 0 spiro atoms. The third-order valence-electron chi connectivity index (χ3n) is 4.18. The number of carbonyl (C=O) groups is 1. The van der Waals surface area contributed by atoms with Crippen LogP contribution in [0.3, 0.4) is 0 Å². The van der Waals surface area contributed by atoms with Crippen LogP contribution in [0.25, 0.3) is 0 Å². The number of benzene rings is 1. The highest BCUT2D eigenvalue weighted by molar-refractivity contribution is 5.70. The molecule has 0 aromatic heterocycles. The van der Waals surface area contributed by atoms with Gasteiger partial charge in [-0.3, -0.25) is 4.79 Å². The lowest BCUT2D eigenvalue weighted by Crippen LogP contribution is -2.32. The van der Waals surface area contributed by atoms with Crippen LogP contribution in [0.2, 0.25) is 0 Å². The maximum atomic E-state index is 11.7. The van der Waals surface area contributed by atoms with E-state index < -0.39 is 0 Å². The summed E-state index contributed by atoms with van der Waals surface area (Å²) in [5.41, 5.74) is 1.18. The van der Waals surface area contributed by atoms with Gasteiger partial charge >= 0.3 is 5.97 Å². The highest BCUT2D eigenvalue weighted by Crippen LogP contribution is 2.26. The molecule has 4 heteroatoms. The molecule has 1 heterocycles. The van der Waals surface area contributed by atoms with Crippen molar-refractivity contribution in [2.75, 3.05) is 19.8 Å². The van der Waals surface area contributed by atoms with Gasteiger partial charge in [0.2, 0.25) is 0 Å². The molecule has 0 unspecified atom stereocenters. The van der Waals surface area contributed by atoms with Gasteiger partial charge < -0.3 is 14.2 Å².